The third kappa shape index (κ3) is 3.88. The fraction of sp³-hybridized carbons (Fsp3) is 0.692. The summed E-state index contributed by atoms with van der Waals surface area (Å²) in [4.78, 5) is 8.63. The molecule has 0 aromatic carbocycles. The highest BCUT2D eigenvalue weighted by Crippen LogP contribution is 2.20. The van der Waals surface area contributed by atoms with Crippen molar-refractivity contribution >= 4 is 11.8 Å². The van der Waals surface area contributed by atoms with Crippen LogP contribution in [0.25, 0.3) is 0 Å². The maximum Gasteiger partial charge on any atom is 0.224 e. The van der Waals surface area contributed by atoms with Gasteiger partial charge in [0.1, 0.15) is 5.82 Å². The Kier molecular flexibility index (Phi) is 4.59. The number of anilines is 2. The van der Waals surface area contributed by atoms with Gasteiger partial charge in [0.2, 0.25) is 5.95 Å². The predicted molar refractivity (Wildman–Crippen MR) is 71.3 cm³/mol. The van der Waals surface area contributed by atoms with Gasteiger partial charge in [-0.1, -0.05) is 25.7 Å². The van der Waals surface area contributed by atoms with E-state index < -0.39 is 0 Å². The van der Waals surface area contributed by atoms with Gasteiger partial charge < -0.3 is 10.6 Å². The first-order chi connectivity index (χ1) is 8.38. The van der Waals surface area contributed by atoms with Crippen molar-refractivity contribution in [2.24, 2.45) is 0 Å². The van der Waals surface area contributed by atoms with E-state index in [0.29, 0.717) is 12.0 Å². The second-order valence-electron chi connectivity index (χ2n) is 4.63. The average molecular weight is 234 g/mol. The maximum atomic E-state index is 4.45. The molecule has 1 aromatic heterocycles. The summed E-state index contributed by atoms with van der Waals surface area (Å²) in [6.07, 6.45) is 9.77. The monoisotopic (exact) mass is 234 g/mol. The van der Waals surface area contributed by atoms with Crippen LogP contribution < -0.4 is 10.6 Å². The zero-order valence-corrected chi connectivity index (χ0v) is 10.6. The average Bonchev–Trinajstić information content (AvgIpc) is 2.59. The van der Waals surface area contributed by atoms with E-state index in [0.717, 1.165) is 12.4 Å². The Morgan fingerprint density at radius 2 is 2.00 bits per heavy atom. The van der Waals surface area contributed by atoms with Crippen LogP contribution in [0.4, 0.5) is 11.8 Å². The minimum atomic E-state index is 0.585. The summed E-state index contributed by atoms with van der Waals surface area (Å²) < 4.78 is 0. The van der Waals surface area contributed by atoms with Gasteiger partial charge in [0.15, 0.2) is 0 Å². The van der Waals surface area contributed by atoms with Crippen LogP contribution in [-0.4, -0.2) is 22.6 Å². The summed E-state index contributed by atoms with van der Waals surface area (Å²) in [5.74, 6) is 1.66. The summed E-state index contributed by atoms with van der Waals surface area (Å²) in [6, 6.07) is 2.54. The van der Waals surface area contributed by atoms with Gasteiger partial charge in [-0.25, -0.2) is 4.98 Å². The van der Waals surface area contributed by atoms with Gasteiger partial charge in [0, 0.05) is 18.8 Å². The minimum Gasteiger partial charge on any atom is -0.367 e. The number of aromatic nitrogens is 2. The lowest BCUT2D eigenvalue weighted by Gasteiger charge is -2.17. The molecule has 1 heterocycles. The Hall–Kier alpha value is -1.32. The summed E-state index contributed by atoms with van der Waals surface area (Å²) in [5.41, 5.74) is 0. The van der Waals surface area contributed by atoms with E-state index in [1.807, 2.05) is 12.3 Å². The van der Waals surface area contributed by atoms with E-state index in [-0.39, 0.29) is 0 Å². The topological polar surface area (TPSA) is 49.8 Å². The molecule has 0 unspecified atom stereocenters. The van der Waals surface area contributed by atoms with Crippen LogP contribution in [0.2, 0.25) is 0 Å². The van der Waals surface area contributed by atoms with Crippen molar-refractivity contribution in [3.05, 3.63) is 12.3 Å². The molecular formula is C13H22N4. The highest BCUT2D eigenvalue weighted by Gasteiger charge is 2.12. The Labute approximate surface area is 103 Å². The van der Waals surface area contributed by atoms with Crippen LogP contribution in [0.3, 0.4) is 0 Å². The molecule has 1 saturated carbocycles. The molecule has 0 amide bonds. The lowest BCUT2D eigenvalue weighted by Crippen LogP contribution is -2.19. The van der Waals surface area contributed by atoms with Crippen molar-refractivity contribution in [1.29, 1.82) is 0 Å². The Bertz CT molecular complexity index is 332. The van der Waals surface area contributed by atoms with Gasteiger partial charge in [-0.05, 0) is 25.8 Å². The number of nitrogens with zero attached hydrogens (tertiary/aromatic N) is 2. The van der Waals surface area contributed by atoms with Crippen LogP contribution in [-0.2, 0) is 0 Å². The molecule has 0 spiro atoms. The number of nitrogens with one attached hydrogen (secondary N) is 2. The molecule has 0 saturated heterocycles. The smallest absolute Gasteiger partial charge is 0.224 e. The molecule has 2 N–H and O–H groups in total. The van der Waals surface area contributed by atoms with E-state index in [2.05, 4.69) is 27.5 Å². The molecule has 1 aromatic rings. The quantitative estimate of drug-likeness (QED) is 0.786. The normalized spacial score (nSPS) is 17.5. The van der Waals surface area contributed by atoms with Gasteiger partial charge in [0.05, 0.1) is 0 Å². The zero-order valence-electron chi connectivity index (χ0n) is 10.6. The van der Waals surface area contributed by atoms with E-state index in [9.17, 15) is 0 Å². The van der Waals surface area contributed by atoms with Gasteiger partial charge in [-0.2, -0.15) is 4.98 Å². The first-order valence-corrected chi connectivity index (χ1v) is 6.72. The first-order valence-electron chi connectivity index (χ1n) is 6.72. The summed E-state index contributed by atoms with van der Waals surface area (Å²) >= 11 is 0. The fourth-order valence-electron chi connectivity index (χ4n) is 2.32. The van der Waals surface area contributed by atoms with Crippen LogP contribution in [0.5, 0.6) is 0 Å². The molecule has 1 aliphatic carbocycles. The van der Waals surface area contributed by atoms with Crippen molar-refractivity contribution in [3.63, 3.8) is 0 Å². The highest BCUT2D eigenvalue weighted by molar-refractivity contribution is 5.40. The van der Waals surface area contributed by atoms with E-state index in [1.54, 1.807) is 0 Å². The van der Waals surface area contributed by atoms with Crippen molar-refractivity contribution in [1.82, 2.24) is 9.97 Å². The Balaban J connectivity index is 1.94. The van der Waals surface area contributed by atoms with Gasteiger partial charge >= 0.3 is 0 Å². The largest absolute Gasteiger partial charge is 0.367 e. The van der Waals surface area contributed by atoms with Gasteiger partial charge in [0.25, 0.3) is 0 Å². The van der Waals surface area contributed by atoms with Crippen LogP contribution in [0.1, 0.15) is 45.4 Å². The SMILES string of the molecule is CCNc1nccc(NC2CCCCCC2)n1. The summed E-state index contributed by atoms with van der Waals surface area (Å²) in [5, 5.41) is 6.66. The van der Waals surface area contributed by atoms with Crippen LogP contribution in [0.15, 0.2) is 12.3 Å². The van der Waals surface area contributed by atoms with Gasteiger partial charge in [-0.3, -0.25) is 0 Å². The molecule has 4 nitrogen and oxygen atoms in total. The second kappa shape index (κ2) is 6.42. The van der Waals surface area contributed by atoms with Gasteiger partial charge in [-0.15, -0.1) is 0 Å². The zero-order chi connectivity index (χ0) is 11.9. The van der Waals surface area contributed by atoms with Crippen molar-refractivity contribution in [2.75, 3.05) is 17.2 Å². The standard InChI is InChI=1S/C13H22N4/c1-2-14-13-15-10-9-12(17-13)16-11-7-5-3-4-6-8-11/h9-11H,2-8H2,1H3,(H2,14,15,16,17). The van der Waals surface area contributed by atoms with E-state index in [4.69, 9.17) is 0 Å². The third-order valence-electron chi connectivity index (χ3n) is 3.20. The summed E-state index contributed by atoms with van der Waals surface area (Å²) in [6.45, 7) is 2.90. The van der Waals surface area contributed by atoms with Crippen molar-refractivity contribution in [2.45, 2.75) is 51.5 Å². The van der Waals surface area contributed by atoms with Crippen LogP contribution in [0, 0.1) is 0 Å². The lowest BCUT2D eigenvalue weighted by atomic mass is 10.1. The molecule has 2 rings (SSSR count). The van der Waals surface area contributed by atoms with Crippen molar-refractivity contribution in [3.8, 4) is 0 Å². The second-order valence-corrected chi connectivity index (χ2v) is 4.63. The third-order valence-corrected chi connectivity index (χ3v) is 3.20. The maximum absolute atomic E-state index is 4.45. The molecule has 0 atom stereocenters. The van der Waals surface area contributed by atoms with Crippen LogP contribution >= 0.6 is 0 Å². The molecule has 4 heteroatoms. The molecule has 0 radical (unpaired) electrons. The highest BCUT2D eigenvalue weighted by atomic mass is 15.1. The Morgan fingerprint density at radius 1 is 1.24 bits per heavy atom. The number of hydrogen-bond acceptors (Lipinski definition) is 4. The molecular weight excluding hydrogens is 212 g/mol. The molecule has 17 heavy (non-hydrogen) atoms. The fourth-order valence-corrected chi connectivity index (χ4v) is 2.32. The molecule has 1 aliphatic rings. The van der Waals surface area contributed by atoms with Crippen molar-refractivity contribution < 1.29 is 0 Å². The van der Waals surface area contributed by atoms with E-state index in [1.165, 1.54) is 38.5 Å². The predicted octanol–water partition coefficient (Wildman–Crippen LogP) is 3.04. The molecule has 1 fully saturated rings. The lowest BCUT2D eigenvalue weighted by molar-refractivity contribution is 0.617. The summed E-state index contributed by atoms with van der Waals surface area (Å²) in [7, 11) is 0. The molecule has 0 aliphatic heterocycles. The first kappa shape index (κ1) is 12.1. The minimum absolute atomic E-state index is 0.585. The molecule has 0 bridgehead atoms. The number of hydrogen-bond donors (Lipinski definition) is 2. The van der Waals surface area contributed by atoms with E-state index >= 15 is 0 Å². The number of rotatable bonds is 4. The Morgan fingerprint density at radius 3 is 2.71 bits per heavy atom. The molecule has 94 valence electrons.